The van der Waals surface area contributed by atoms with Gasteiger partial charge in [-0.2, -0.15) is 8.42 Å². The van der Waals surface area contributed by atoms with Gasteiger partial charge in [-0.05, 0) is 25.1 Å². The number of carbonyl (C=O) groups is 2. The quantitative estimate of drug-likeness (QED) is 0.219. The Morgan fingerprint density at radius 2 is 1.36 bits per heavy atom. The van der Waals surface area contributed by atoms with Crippen LogP contribution >= 0.6 is 0 Å². The number of rotatable bonds is 4. The number of fused-ring (bicyclic) bond motifs is 2. The van der Waals surface area contributed by atoms with E-state index in [-0.39, 0.29) is 45.6 Å². The van der Waals surface area contributed by atoms with Crippen LogP contribution in [0.25, 0.3) is 0 Å². The van der Waals surface area contributed by atoms with Crippen LogP contribution in [0.1, 0.15) is 37.4 Å². The van der Waals surface area contributed by atoms with Crippen molar-refractivity contribution < 1.29 is 31.0 Å². The Bertz CT molecular complexity index is 1530. The molecule has 1 aliphatic carbocycles. The first-order chi connectivity index (χ1) is 14.9. The van der Waals surface area contributed by atoms with Gasteiger partial charge in [0.25, 0.3) is 20.1 Å². The number of sulfonamides is 1. The summed E-state index contributed by atoms with van der Waals surface area (Å²) >= 11 is 0. The Morgan fingerprint density at radius 1 is 0.848 bits per heavy atom. The Balaban J connectivity index is 0.00000306. The number of anilines is 2. The Kier molecular flexibility index (Phi) is 6.59. The molecule has 0 saturated heterocycles. The zero-order chi connectivity index (χ0) is 23.4. The summed E-state index contributed by atoms with van der Waals surface area (Å²) in [6, 6.07) is 12.3. The Morgan fingerprint density at radius 3 is 1.88 bits per heavy atom. The fraction of sp³-hybridized carbons (Fsp3) is 0.0476. The number of hydrogen-bond acceptors (Lipinski definition) is 7. The standard InChI is InChI=1S/C21H16N2O7S2.Na.H/c1-11-6-8-12(9-7-11)31(26,27)23-15-10-16(32(28,29)30)19(22)18-17(15)20(24)13-4-2-3-5-14(13)21(18)25;;/h2-10,23H,22H2,1H3,(H,28,29,30);;. The molecule has 3 aromatic carbocycles. The van der Waals surface area contributed by atoms with Crippen LogP contribution in [0.4, 0.5) is 11.4 Å². The fourth-order valence-corrected chi connectivity index (χ4v) is 5.22. The number of nitrogens with one attached hydrogen (secondary N) is 1. The minimum atomic E-state index is -4.96. The third kappa shape index (κ3) is 4.35. The van der Waals surface area contributed by atoms with E-state index in [2.05, 4.69) is 4.72 Å². The predicted molar refractivity (Wildman–Crippen MR) is 123 cm³/mol. The molecule has 4 N–H and O–H groups in total. The molecule has 0 radical (unpaired) electrons. The Labute approximate surface area is 212 Å². The van der Waals surface area contributed by atoms with E-state index in [1.807, 2.05) is 0 Å². The Hall–Kier alpha value is -2.54. The van der Waals surface area contributed by atoms with E-state index < -0.39 is 59.1 Å². The predicted octanol–water partition coefficient (Wildman–Crippen LogP) is 1.75. The van der Waals surface area contributed by atoms with Gasteiger partial charge in [0.1, 0.15) is 4.90 Å². The van der Waals surface area contributed by atoms with Gasteiger partial charge in [0.2, 0.25) is 0 Å². The molecule has 0 aromatic heterocycles. The molecule has 0 bridgehead atoms. The molecule has 0 aliphatic heterocycles. The van der Waals surface area contributed by atoms with Crippen molar-refractivity contribution in [3.8, 4) is 0 Å². The molecule has 3 aromatic rings. The van der Waals surface area contributed by atoms with Gasteiger partial charge in [0, 0.05) is 11.1 Å². The van der Waals surface area contributed by atoms with Crippen LogP contribution in [0.5, 0.6) is 0 Å². The van der Waals surface area contributed by atoms with Crippen molar-refractivity contribution in [2.24, 2.45) is 0 Å². The summed E-state index contributed by atoms with van der Waals surface area (Å²) in [7, 11) is -9.24. The van der Waals surface area contributed by atoms with E-state index in [0.717, 1.165) is 11.6 Å². The van der Waals surface area contributed by atoms with Crippen LogP contribution in [0.2, 0.25) is 0 Å². The van der Waals surface area contributed by atoms with Crippen LogP contribution in [-0.2, 0) is 20.1 Å². The van der Waals surface area contributed by atoms with Crippen molar-refractivity contribution >= 4 is 72.6 Å². The summed E-state index contributed by atoms with van der Waals surface area (Å²) in [6.07, 6.45) is 0. The SMILES string of the molecule is Cc1ccc(S(=O)(=O)Nc2cc(S(=O)(=O)O)c(N)c3c2C(=O)c2ccccc2C3=O)cc1.[NaH]. The molecule has 1 aliphatic rings. The number of nitrogens with two attached hydrogens (primary N) is 1. The van der Waals surface area contributed by atoms with Crippen LogP contribution < -0.4 is 10.5 Å². The van der Waals surface area contributed by atoms with Crippen LogP contribution in [0.15, 0.2) is 64.4 Å². The molecule has 0 heterocycles. The molecule has 0 amide bonds. The van der Waals surface area contributed by atoms with E-state index in [1.54, 1.807) is 19.1 Å². The normalized spacial score (nSPS) is 13.0. The first kappa shape index (κ1) is 25.1. The van der Waals surface area contributed by atoms with Gasteiger partial charge in [-0.1, -0.05) is 42.0 Å². The zero-order valence-electron chi connectivity index (χ0n) is 16.5. The molecular weight excluding hydrogens is 479 g/mol. The van der Waals surface area contributed by atoms with Crippen molar-refractivity contribution in [3.05, 3.63) is 82.4 Å². The van der Waals surface area contributed by atoms with E-state index in [4.69, 9.17) is 5.73 Å². The molecule has 0 spiro atoms. The molecule has 12 heteroatoms. The summed E-state index contributed by atoms with van der Waals surface area (Å²) in [6.45, 7) is 1.76. The van der Waals surface area contributed by atoms with Crippen molar-refractivity contribution in [2.45, 2.75) is 16.7 Å². The van der Waals surface area contributed by atoms with Gasteiger partial charge in [-0.3, -0.25) is 18.9 Å². The number of benzene rings is 3. The third-order valence-corrected chi connectivity index (χ3v) is 7.33. The van der Waals surface area contributed by atoms with Gasteiger partial charge in [0.15, 0.2) is 11.6 Å². The summed E-state index contributed by atoms with van der Waals surface area (Å²) in [5.74, 6) is -1.49. The van der Waals surface area contributed by atoms with Gasteiger partial charge < -0.3 is 5.73 Å². The first-order valence-electron chi connectivity index (χ1n) is 9.13. The number of aryl methyl sites for hydroxylation is 1. The van der Waals surface area contributed by atoms with Crippen LogP contribution in [0.3, 0.4) is 0 Å². The van der Waals surface area contributed by atoms with Crippen molar-refractivity contribution in [3.63, 3.8) is 0 Å². The number of carbonyl (C=O) groups excluding carboxylic acids is 2. The topological polar surface area (TPSA) is 161 Å². The van der Waals surface area contributed by atoms with E-state index in [9.17, 15) is 31.0 Å². The summed E-state index contributed by atoms with van der Waals surface area (Å²) in [5, 5.41) is 0. The third-order valence-electron chi connectivity index (χ3n) is 5.05. The maximum absolute atomic E-state index is 13.2. The summed E-state index contributed by atoms with van der Waals surface area (Å²) in [5.41, 5.74) is 4.65. The molecule has 0 atom stereocenters. The number of hydrogen-bond donors (Lipinski definition) is 3. The molecular formula is C21H17N2NaO7S2. The molecule has 33 heavy (non-hydrogen) atoms. The van der Waals surface area contributed by atoms with E-state index in [1.165, 1.54) is 36.4 Å². The minimum absolute atomic E-state index is 0. The van der Waals surface area contributed by atoms with Gasteiger partial charge >= 0.3 is 29.6 Å². The van der Waals surface area contributed by atoms with Gasteiger partial charge in [-0.25, -0.2) is 8.42 Å². The average molecular weight is 496 g/mol. The zero-order valence-corrected chi connectivity index (χ0v) is 18.1. The number of nitrogen functional groups attached to an aromatic ring is 1. The molecule has 4 rings (SSSR count). The molecule has 0 fully saturated rings. The second-order valence-electron chi connectivity index (χ2n) is 7.18. The molecule has 0 unspecified atom stereocenters. The second-order valence-corrected chi connectivity index (χ2v) is 10.3. The summed E-state index contributed by atoms with van der Waals surface area (Å²) < 4.78 is 61.4. The van der Waals surface area contributed by atoms with E-state index >= 15 is 0 Å². The first-order valence-corrected chi connectivity index (χ1v) is 12.1. The maximum atomic E-state index is 13.2. The average Bonchev–Trinajstić information content (AvgIpc) is 2.72. The fourth-order valence-electron chi connectivity index (χ4n) is 3.51. The van der Waals surface area contributed by atoms with Gasteiger partial charge in [-0.15, -0.1) is 0 Å². The number of ketones is 2. The van der Waals surface area contributed by atoms with Gasteiger partial charge in [0.05, 0.1) is 27.4 Å². The second kappa shape index (κ2) is 8.67. The van der Waals surface area contributed by atoms with Crippen molar-refractivity contribution in [2.75, 3.05) is 10.5 Å². The molecule has 9 nitrogen and oxygen atoms in total. The molecule has 166 valence electrons. The van der Waals surface area contributed by atoms with E-state index in [0.29, 0.717) is 0 Å². The van der Waals surface area contributed by atoms with Crippen molar-refractivity contribution in [1.82, 2.24) is 0 Å². The van der Waals surface area contributed by atoms with Crippen molar-refractivity contribution in [1.29, 1.82) is 0 Å². The monoisotopic (exact) mass is 496 g/mol. The van der Waals surface area contributed by atoms with Crippen LogP contribution in [-0.4, -0.2) is 62.5 Å². The summed E-state index contributed by atoms with van der Waals surface area (Å²) in [4.78, 5) is 25.2. The molecule has 0 saturated carbocycles. The van der Waals surface area contributed by atoms with Crippen LogP contribution in [0, 0.1) is 6.92 Å².